The van der Waals surface area contributed by atoms with Crippen LogP contribution in [0.15, 0.2) is 46.9 Å². The zero-order valence-electron chi connectivity index (χ0n) is 14.1. The second-order valence-corrected chi connectivity index (χ2v) is 6.62. The number of Topliss-reactive ketones (excluding diaryl/α,β-unsaturated/α-hetero) is 1. The van der Waals surface area contributed by atoms with Crippen LogP contribution in [0.2, 0.25) is 0 Å². The Bertz CT molecular complexity index is 801. The highest BCUT2D eigenvalue weighted by atomic mass is 79.9. The van der Waals surface area contributed by atoms with Crippen LogP contribution in [-0.4, -0.2) is 17.6 Å². The molecule has 0 unspecified atom stereocenters. The maximum absolute atomic E-state index is 12.2. The number of hydrogen-bond donors (Lipinski definition) is 2. The Balaban J connectivity index is 1.98. The van der Waals surface area contributed by atoms with E-state index in [4.69, 9.17) is 0 Å². The molecule has 0 aromatic heterocycles. The van der Waals surface area contributed by atoms with E-state index in [1.807, 2.05) is 13.0 Å². The molecule has 0 atom stereocenters. The molecule has 2 amide bonds. The van der Waals surface area contributed by atoms with Crippen molar-refractivity contribution in [2.24, 2.45) is 0 Å². The van der Waals surface area contributed by atoms with E-state index in [1.165, 1.54) is 6.92 Å². The fraction of sp³-hybridized carbons (Fsp3) is 0.211. The van der Waals surface area contributed by atoms with Crippen molar-refractivity contribution in [2.75, 3.05) is 10.6 Å². The topological polar surface area (TPSA) is 75.3 Å². The lowest BCUT2D eigenvalue weighted by Crippen LogP contribution is -2.16. The molecule has 0 spiro atoms. The number of anilines is 2. The minimum atomic E-state index is -0.275. The predicted octanol–water partition coefficient (Wildman–Crippen LogP) is 4.32. The summed E-state index contributed by atoms with van der Waals surface area (Å²) in [5.41, 5.74) is 2.59. The summed E-state index contributed by atoms with van der Waals surface area (Å²) in [4.78, 5) is 35.6. The molecule has 0 heterocycles. The number of ketones is 1. The predicted molar refractivity (Wildman–Crippen MR) is 102 cm³/mol. The molecule has 0 radical (unpaired) electrons. The summed E-state index contributed by atoms with van der Waals surface area (Å²) in [6.07, 6.45) is 0.192. The lowest BCUT2D eigenvalue weighted by molar-refractivity contribution is -0.116. The molecule has 0 aliphatic carbocycles. The molecule has 0 aliphatic rings. The van der Waals surface area contributed by atoms with E-state index >= 15 is 0 Å². The average Bonchev–Trinajstić information content (AvgIpc) is 2.55. The molecule has 0 bridgehead atoms. The van der Waals surface area contributed by atoms with Crippen LogP contribution in [0.4, 0.5) is 11.4 Å². The number of hydrogen-bond acceptors (Lipinski definition) is 3. The third-order valence-electron chi connectivity index (χ3n) is 3.51. The molecule has 2 N–H and O–H groups in total. The van der Waals surface area contributed by atoms with Gasteiger partial charge in [-0.3, -0.25) is 14.4 Å². The van der Waals surface area contributed by atoms with Gasteiger partial charge in [0.05, 0.1) is 11.4 Å². The molecular formula is C19H19BrN2O3. The Morgan fingerprint density at radius 3 is 2.24 bits per heavy atom. The van der Waals surface area contributed by atoms with Crippen molar-refractivity contribution < 1.29 is 14.4 Å². The third-order valence-corrected chi connectivity index (χ3v) is 4.03. The van der Waals surface area contributed by atoms with E-state index in [0.29, 0.717) is 16.9 Å². The molecule has 0 saturated carbocycles. The van der Waals surface area contributed by atoms with Crippen LogP contribution in [0.3, 0.4) is 0 Å². The Morgan fingerprint density at radius 2 is 1.60 bits per heavy atom. The van der Waals surface area contributed by atoms with Gasteiger partial charge in [0.1, 0.15) is 0 Å². The van der Waals surface area contributed by atoms with E-state index < -0.39 is 0 Å². The van der Waals surface area contributed by atoms with Crippen LogP contribution in [0, 0.1) is 6.92 Å². The summed E-state index contributed by atoms with van der Waals surface area (Å²) in [5, 5.41) is 5.44. The van der Waals surface area contributed by atoms with Gasteiger partial charge in [-0.2, -0.15) is 0 Å². The molecule has 0 aliphatic heterocycles. The molecule has 2 aromatic rings. The molecule has 130 valence electrons. The number of carbonyl (C=O) groups excluding carboxylic acids is 3. The second-order valence-electron chi connectivity index (χ2n) is 5.71. The van der Waals surface area contributed by atoms with Crippen LogP contribution >= 0.6 is 15.9 Å². The highest BCUT2D eigenvalue weighted by Crippen LogP contribution is 2.23. The number of aryl methyl sites for hydroxylation is 1. The molecule has 2 rings (SSSR count). The smallest absolute Gasteiger partial charge is 0.224 e. The van der Waals surface area contributed by atoms with Crippen molar-refractivity contribution >= 4 is 44.9 Å². The minimum Gasteiger partial charge on any atom is -0.325 e. The van der Waals surface area contributed by atoms with Crippen molar-refractivity contribution in [1.82, 2.24) is 0 Å². The van der Waals surface area contributed by atoms with Gasteiger partial charge in [-0.1, -0.05) is 34.1 Å². The monoisotopic (exact) mass is 402 g/mol. The maximum Gasteiger partial charge on any atom is 0.224 e. The van der Waals surface area contributed by atoms with Gasteiger partial charge in [0.2, 0.25) is 11.8 Å². The van der Waals surface area contributed by atoms with Crippen molar-refractivity contribution in [2.45, 2.75) is 26.7 Å². The van der Waals surface area contributed by atoms with Crippen LogP contribution in [0.5, 0.6) is 0 Å². The maximum atomic E-state index is 12.2. The zero-order valence-corrected chi connectivity index (χ0v) is 15.6. The van der Waals surface area contributed by atoms with Crippen LogP contribution in [-0.2, 0) is 9.59 Å². The number of rotatable bonds is 6. The lowest BCUT2D eigenvalue weighted by atomic mass is 10.1. The number of carbonyl (C=O) groups is 3. The first-order chi connectivity index (χ1) is 11.8. The van der Waals surface area contributed by atoms with Crippen LogP contribution in [0.25, 0.3) is 0 Å². The summed E-state index contributed by atoms with van der Waals surface area (Å²) >= 11 is 3.32. The van der Waals surface area contributed by atoms with E-state index in [0.717, 1.165) is 10.0 Å². The third kappa shape index (κ3) is 5.83. The Hall–Kier alpha value is -2.47. The van der Waals surface area contributed by atoms with Gasteiger partial charge >= 0.3 is 0 Å². The Labute approximate surface area is 154 Å². The van der Waals surface area contributed by atoms with E-state index in [9.17, 15) is 14.4 Å². The lowest BCUT2D eigenvalue weighted by Gasteiger charge is -2.12. The van der Waals surface area contributed by atoms with Crippen LogP contribution < -0.4 is 10.6 Å². The Morgan fingerprint density at radius 1 is 0.920 bits per heavy atom. The fourth-order valence-corrected chi connectivity index (χ4v) is 2.54. The first kappa shape index (κ1) is 18.9. The van der Waals surface area contributed by atoms with Crippen molar-refractivity contribution in [3.63, 3.8) is 0 Å². The van der Waals surface area contributed by atoms with Gasteiger partial charge in [-0.15, -0.1) is 0 Å². The molecular weight excluding hydrogens is 384 g/mol. The first-order valence-corrected chi connectivity index (χ1v) is 8.61. The summed E-state index contributed by atoms with van der Waals surface area (Å²) < 4.78 is 0.895. The van der Waals surface area contributed by atoms with Crippen LogP contribution in [0.1, 0.15) is 35.7 Å². The molecule has 25 heavy (non-hydrogen) atoms. The van der Waals surface area contributed by atoms with Gasteiger partial charge in [-0.05, 0) is 36.8 Å². The summed E-state index contributed by atoms with van der Waals surface area (Å²) in [7, 11) is 0. The first-order valence-electron chi connectivity index (χ1n) is 7.82. The number of nitrogens with one attached hydrogen (secondary N) is 2. The molecule has 5 nitrogen and oxygen atoms in total. The van der Waals surface area contributed by atoms with E-state index in [1.54, 1.807) is 36.4 Å². The van der Waals surface area contributed by atoms with Gasteiger partial charge in [-0.25, -0.2) is 0 Å². The number of halogens is 1. The van der Waals surface area contributed by atoms with E-state index in [2.05, 4.69) is 26.6 Å². The highest BCUT2D eigenvalue weighted by molar-refractivity contribution is 9.10. The Kier molecular flexibility index (Phi) is 6.47. The van der Waals surface area contributed by atoms with Crippen molar-refractivity contribution in [3.8, 4) is 0 Å². The van der Waals surface area contributed by atoms with Gasteiger partial charge in [0.15, 0.2) is 5.78 Å². The van der Waals surface area contributed by atoms with Gasteiger partial charge in [0.25, 0.3) is 0 Å². The normalized spacial score (nSPS) is 10.2. The molecule has 2 aromatic carbocycles. The highest BCUT2D eigenvalue weighted by Gasteiger charge is 2.12. The van der Waals surface area contributed by atoms with Crippen molar-refractivity contribution in [1.29, 1.82) is 0 Å². The van der Waals surface area contributed by atoms with Crippen molar-refractivity contribution in [3.05, 3.63) is 58.1 Å². The molecule has 0 fully saturated rings. The fourth-order valence-electron chi connectivity index (χ4n) is 2.28. The minimum absolute atomic E-state index is 0.0718. The summed E-state index contributed by atoms with van der Waals surface area (Å²) in [6.45, 7) is 3.30. The molecule has 0 saturated heterocycles. The van der Waals surface area contributed by atoms with E-state index in [-0.39, 0.29) is 30.4 Å². The number of amides is 2. The standard InChI is InChI=1S/C19H19BrN2O3/c1-12-3-8-16(21-13(2)23)17(11-12)22-19(25)10-9-18(24)14-4-6-15(20)7-5-14/h3-8,11H,9-10H2,1-2H3,(H,21,23)(H,22,25). The summed E-state index contributed by atoms with van der Waals surface area (Å²) in [6, 6.07) is 12.4. The molecule has 6 heteroatoms. The second kappa shape index (κ2) is 8.58. The number of benzene rings is 2. The zero-order chi connectivity index (χ0) is 18.4. The average molecular weight is 403 g/mol. The SMILES string of the molecule is CC(=O)Nc1ccc(C)cc1NC(=O)CCC(=O)c1ccc(Br)cc1. The quantitative estimate of drug-likeness (QED) is 0.706. The van der Waals surface area contributed by atoms with Gasteiger partial charge < -0.3 is 10.6 Å². The largest absolute Gasteiger partial charge is 0.325 e. The van der Waals surface area contributed by atoms with Gasteiger partial charge in [0, 0.05) is 29.8 Å². The summed E-state index contributed by atoms with van der Waals surface area (Å²) in [5.74, 6) is -0.582.